The van der Waals surface area contributed by atoms with E-state index < -0.39 is 5.97 Å². The van der Waals surface area contributed by atoms with Crippen molar-refractivity contribution in [3.63, 3.8) is 0 Å². The highest BCUT2D eigenvalue weighted by Crippen LogP contribution is 2.28. The van der Waals surface area contributed by atoms with Gasteiger partial charge in [0.1, 0.15) is 0 Å². The minimum absolute atomic E-state index is 0.320. The third-order valence-electron chi connectivity index (χ3n) is 2.76. The van der Waals surface area contributed by atoms with Crippen molar-refractivity contribution < 1.29 is 9.90 Å². The minimum Gasteiger partial charge on any atom is -0.481 e. The van der Waals surface area contributed by atoms with E-state index in [0.717, 1.165) is 5.56 Å². The second-order valence-electron chi connectivity index (χ2n) is 4.20. The van der Waals surface area contributed by atoms with Gasteiger partial charge in [0.15, 0.2) is 0 Å². The summed E-state index contributed by atoms with van der Waals surface area (Å²) >= 11 is 1.69. The summed E-state index contributed by atoms with van der Waals surface area (Å²) < 4.78 is 1.24. The minimum atomic E-state index is -0.730. The highest BCUT2D eigenvalue weighted by Gasteiger charge is 2.14. The number of fused-ring (bicyclic) bond motifs is 1. The molecule has 0 amide bonds. The van der Waals surface area contributed by atoms with Crippen molar-refractivity contribution in [3.05, 3.63) is 34.7 Å². The van der Waals surface area contributed by atoms with Gasteiger partial charge in [-0.2, -0.15) is 0 Å². The molecule has 16 heavy (non-hydrogen) atoms. The number of aryl methyl sites for hydroxylation is 1. The summed E-state index contributed by atoms with van der Waals surface area (Å²) in [5.41, 5.74) is 2.39. The molecule has 1 atom stereocenters. The summed E-state index contributed by atoms with van der Waals surface area (Å²) in [6, 6.07) is 6.31. The zero-order valence-electron chi connectivity index (χ0n) is 9.36. The van der Waals surface area contributed by atoms with Crippen LogP contribution in [0.25, 0.3) is 10.1 Å². The largest absolute Gasteiger partial charge is 0.481 e. The van der Waals surface area contributed by atoms with Gasteiger partial charge in [0.05, 0.1) is 5.92 Å². The van der Waals surface area contributed by atoms with Crippen LogP contribution in [0.1, 0.15) is 18.1 Å². The van der Waals surface area contributed by atoms with Crippen LogP contribution in [0.5, 0.6) is 0 Å². The summed E-state index contributed by atoms with van der Waals surface area (Å²) in [7, 11) is 0. The SMILES string of the molecule is Cc1ccc2c(CC(C)C(=O)O)csc2c1. The normalized spacial score (nSPS) is 12.9. The van der Waals surface area contributed by atoms with Gasteiger partial charge in [-0.05, 0) is 41.3 Å². The number of rotatable bonds is 3. The molecule has 0 aliphatic carbocycles. The van der Waals surface area contributed by atoms with E-state index in [2.05, 4.69) is 30.5 Å². The lowest BCUT2D eigenvalue weighted by molar-refractivity contribution is -0.141. The van der Waals surface area contributed by atoms with Gasteiger partial charge in [-0.1, -0.05) is 19.1 Å². The van der Waals surface area contributed by atoms with Gasteiger partial charge >= 0.3 is 5.97 Å². The van der Waals surface area contributed by atoms with Crippen molar-refractivity contribution in [3.8, 4) is 0 Å². The molecule has 0 aliphatic rings. The molecular weight excluding hydrogens is 220 g/mol. The summed E-state index contributed by atoms with van der Waals surface area (Å²) in [6.45, 7) is 3.82. The molecule has 0 radical (unpaired) electrons. The van der Waals surface area contributed by atoms with E-state index in [9.17, 15) is 4.79 Å². The average molecular weight is 234 g/mol. The molecule has 3 heteroatoms. The van der Waals surface area contributed by atoms with Crippen LogP contribution in [0, 0.1) is 12.8 Å². The molecule has 0 fully saturated rings. The van der Waals surface area contributed by atoms with Crippen molar-refractivity contribution in [1.82, 2.24) is 0 Å². The number of thiophene rings is 1. The van der Waals surface area contributed by atoms with Crippen LogP contribution in [0.2, 0.25) is 0 Å². The van der Waals surface area contributed by atoms with Crippen LogP contribution in [0.15, 0.2) is 23.6 Å². The number of benzene rings is 1. The average Bonchev–Trinajstić information content (AvgIpc) is 2.60. The predicted molar refractivity (Wildman–Crippen MR) is 67.1 cm³/mol. The Bertz CT molecular complexity index is 528. The van der Waals surface area contributed by atoms with Gasteiger partial charge in [-0.15, -0.1) is 11.3 Å². The molecule has 0 spiro atoms. The molecule has 0 aliphatic heterocycles. The van der Waals surface area contributed by atoms with Crippen molar-refractivity contribution in [1.29, 1.82) is 0 Å². The maximum Gasteiger partial charge on any atom is 0.306 e. The molecule has 84 valence electrons. The van der Waals surface area contributed by atoms with E-state index in [0.29, 0.717) is 6.42 Å². The molecule has 2 nitrogen and oxygen atoms in total. The Morgan fingerprint density at radius 3 is 2.94 bits per heavy atom. The Morgan fingerprint density at radius 1 is 1.50 bits per heavy atom. The van der Waals surface area contributed by atoms with Crippen LogP contribution in [0.4, 0.5) is 0 Å². The van der Waals surface area contributed by atoms with Gasteiger partial charge in [0.2, 0.25) is 0 Å². The fourth-order valence-corrected chi connectivity index (χ4v) is 2.84. The van der Waals surface area contributed by atoms with Gasteiger partial charge in [0, 0.05) is 4.70 Å². The van der Waals surface area contributed by atoms with E-state index in [1.54, 1.807) is 18.3 Å². The van der Waals surface area contributed by atoms with Gasteiger partial charge < -0.3 is 5.11 Å². The second kappa shape index (κ2) is 4.26. The molecule has 1 aromatic carbocycles. The molecule has 2 aromatic rings. The van der Waals surface area contributed by atoms with E-state index in [1.807, 2.05) is 0 Å². The first-order chi connectivity index (χ1) is 7.58. The molecule has 1 heterocycles. The lowest BCUT2D eigenvalue weighted by atomic mass is 10.0. The number of carbonyl (C=O) groups is 1. The van der Waals surface area contributed by atoms with E-state index >= 15 is 0 Å². The van der Waals surface area contributed by atoms with E-state index in [4.69, 9.17) is 5.11 Å². The highest BCUT2D eigenvalue weighted by molar-refractivity contribution is 7.17. The zero-order valence-corrected chi connectivity index (χ0v) is 10.2. The first-order valence-corrected chi connectivity index (χ1v) is 6.15. The third kappa shape index (κ3) is 2.09. The lowest BCUT2D eigenvalue weighted by Gasteiger charge is -2.04. The molecular formula is C13H14O2S. The Balaban J connectivity index is 2.35. The second-order valence-corrected chi connectivity index (χ2v) is 5.12. The third-order valence-corrected chi connectivity index (χ3v) is 3.75. The Labute approximate surface area is 98.5 Å². The summed E-state index contributed by atoms with van der Waals surface area (Å²) in [5, 5.41) is 12.2. The van der Waals surface area contributed by atoms with E-state index in [1.165, 1.54) is 15.6 Å². The molecule has 0 saturated carbocycles. The first-order valence-electron chi connectivity index (χ1n) is 5.27. The lowest BCUT2D eigenvalue weighted by Crippen LogP contribution is -2.11. The fourth-order valence-electron chi connectivity index (χ4n) is 1.77. The van der Waals surface area contributed by atoms with Crippen molar-refractivity contribution >= 4 is 27.4 Å². The monoisotopic (exact) mass is 234 g/mol. The van der Waals surface area contributed by atoms with Crippen LogP contribution in [0.3, 0.4) is 0 Å². The zero-order chi connectivity index (χ0) is 11.7. The van der Waals surface area contributed by atoms with E-state index in [-0.39, 0.29) is 5.92 Å². The summed E-state index contributed by atoms with van der Waals surface area (Å²) in [4.78, 5) is 10.8. The Morgan fingerprint density at radius 2 is 2.25 bits per heavy atom. The number of carboxylic acids is 1. The molecule has 1 unspecified atom stereocenters. The van der Waals surface area contributed by atoms with Gasteiger partial charge in [0.25, 0.3) is 0 Å². The van der Waals surface area contributed by atoms with Gasteiger partial charge in [-0.25, -0.2) is 0 Å². The molecule has 2 rings (SSSR count). The van der Waals surface area contributed by atoms with Crippen LogP contribution in [-0.4, -0.2) is 11.1 Å². The van der Waals surface area contributed by atoms with Crippen molar-refractivity contribution in [2.75, 3.05) is 0 Å². The van der Waals surface area contributed by atoms with Crippen LogP contribution >= 0.6 is 11.3 Å². The maximum atomic E-state index is 10.8. The predicted octanol–water partition coefficient (Wildman–Crippen LogP) is 3.47. The van der Waals surface area contributed by atoms with Crippen molar-refractivity contribution in [2.45, 2.75) is 20.3 Å². The Hall–Kier alpha value is -1.35. The standard InChI is InChI=1S/C13H14O2S/c1-8-3-4-11-10(6-9(2)13(14)15)7-16-12(11)5-8/h3-5,7,9H,6H2,1-2H3,(H,14,15). The molecule has 1 N–H and O–H groups in total. The topological polar surface area (TPSA) is 37.3 Å². The smallest absolute Gasteiger partial charge is 0.306 e. The molecule has 0 bridgehead atoms. The quantitative estimate of drug-likeness (QED) is 0.882. The first kappa shape index (κ1) is 11.1. The van der Waals surface area contributed by atoms with Crippen molar-refractivity contribution in [2.24, 2.45) is 5.92 Å². The number of carboxylic acid groups (broad SMARTS) is 1. The summed E-state index contributed by atoms with van der Waals surface area (Å²) in [5.74, 6) is -1.05. The molecule has 1 aromatic heterocycles. The van der Waals surface area contributed by atoms with Crippen LogP contribution in [-0.2, 0) is 11.2 Å². The number of hydrogen-bond donors (Lipinski definition) is 1. The molecule has 0 saturated heterocycles. The highest BCUT2D eigenvalue weighted by atomic mass is 32.1. The summed E-state index contributed by atoms with van der Waals surface area (Å²) in [6.07, 6.45) is 0.610. The Kier molecular flexibility index (Phi) is 2.97. The number of hydrogen-bond acceptors (Lipinski definition) is 2. The fraction of sp³-hybridized carbons (Fsp3) is 0.308. The van der Waals surface area contributed by atoms with Gasteiger partial charge in [-0.3, -0.25) is 4.79 Å². The van der Waals surface area contributed by atoms with Crippen LogP contribution < -0.4 is 0 Å². The maximum absolute atomic E-state index is 10.8. The number of aliphatic carboxylic acids is 1.